The highest BCUT2D eigenvalue weighted by Gasteiger charge is 2.22. The first kappa shape index (κ1) is 18.2. The molecule has 0 aliphatic rings. The molecule has 128 valence electrons. The highest BCUT2D eigenvalue weighted by molar-refractivity contribution is 7.90. The van der Waals surface area contributed by atoms with E-state index >= 15 is 0 Å². The largest absolute Gasteiger partial charge is 0.338 e. The maximum absolute atomic E-state index is 12.1. The Bertz CT molecular complexity index is 787. The second kappa shape index (κ2) is 7.59. The third-order valence-electron chi connectivity index (χ3n) is 4.10. The number of carbonyl (C=O) groups excluding carboxylic acids is 1. The van der Waals surface area contributed by atoms with Crippen LogP contribution in [0.15, 0.2) is 54.6 Å². The lowest BCUT2D eigenvalue weighted by atomic mass is 10.0. The van der Waals surface area contributed by atoms with Crippen LogP contribution in [0.5, 0.6) is 0 Å². The summed E-state index contributed by atoms with van der Waals surface area (Å²) < 4.78 is 25.2. The van der Waals surface area contributed by atoms with E-state index in [1.807, 2.05) is 61.5 Å². The number of rotatable bonds is 6. The van der Waals surface area contributed by atoms with Gasteiger partial charge in [0.1, 0.15) is 5.75 Å². The summed E-state index contributed by atoms with van der Waals surface area (Å²) in [5.41, 5.74) is 3.17. The molecule has 5 nitrogen and oxygen atoms in total. The number of hydrogen-bond acceptors (Lipinski definition) is 3. The SMILES string of the molecule is CNS(=O)(=O)CC(=O)N(C)[C@@H](C)c1ccc(-c2ccccc2)cc1. The van der Waals surface area contributed by atoms with Crippen LogP contribution in [0.25, 0.3) is 11.1 Å². The van der Waals surface area contributed by atoms with Gasteiger partial charge in [-0.1, -0.05) is 54.6 Å². The minimum Gasteiger partial charge on any atom is -0.338 e. The lowest BCUT2D eigenvalue weighted by Gasteiger charge is -2.25. The van der Waals surface area contributed by atoms with E-state index in [1.165, 1.54) is 11.9 Å². The van der Waals surface area contributed by atoms with Crippen molar-refractivity contribution in [2.45, 2.75) is 13.0 Å². The monoisotopic (exact) mass is 346 g/mol. The van der Waals surface area contributed by atoms with E-state index in [1.54, 1.807) is 7.05 Å². The Kier molecular flexibility index (Phi) is 5.75. The molecule has 0 radical (unpaired) electrons. The number of sulfonamides is 1. The predicted octanol–water partition coefficient (Wildman–Crippen LogP) is 2.42. The summed E-state index contributed by atoms with van der Waals surface area (Å²) in [5, 5.41) is 0. The highest BCUT2D eigenvalue weighted by Crippen LogP contribution is 2.24. The second-order valence-corrected chi connectivity index (χ2v) is 7.56. The van der Waals surface area contributed by atoms with Gasteiger partial charge in [0.15, 0.2) is 0 Å². The topological polar surface area (TPSA) is 66.5 Å². The summed E-state index contributed by atoms with van der Waals surface area (Å²) >= 11 is 0. The van der Waals surface area contributed by atoms with Crippen molar-refractivity contribution in [2.75, 3.05) is 19.8 Å². The van der Waals surface area contributed by atoms with E-state index in [4.69, 9.17) is 0 Å². The lowest BCUT2D eigenvalue weighted by molar-refractivity contribution is -0.129. The zero-order valence-electron chi connectivity index (χ0n) is 14.1. The van der Waals surface area contributed by atoms with Crippen molar-refractivity contribution < 1.29 is 13.2 Å². The molecule has 0 unspecified atom stereocenters. The maximum Gasteiger partial charge on any atom is 0.239 e. The molecule has 0 aliphatic carbocycles. The molecule has 0 fully saturated rings. The second-order valence-electron chi connectivity index (χ2n) is 5.63. The van der Waals surface area contributed by atoms with Crippen molar-refractivity contribution in [2.24, 2.45) is 0 Å². The van der Waals surface area contributed by atoms with Crippen LogP contribution in [0.3, 0.4) is 0 Å². The van der Waals surface area contributed by atoms with E-state index < -0.39 is 21.7 Å². The zero-order valence-corrected chi connectivity index (χ0v) is 14.9. The molecule has 2 aromatic rings. The first-order chi connectivity index (χ1) is 11.3. The number of benzene rings is 2. The Morgan fingerprint density at radius 2 is 1.58 bits per heavy atom. The number of amides is 1. The van der Waals surface area contributed by atoms with Crippen molar-refractivity contribution in [3.05, 3.63) is 60.2 Å². The standard InChI is InChI=1S/C18H22N2O3S/c1-14(20(3)18(21)13-24(22,23)19-2)15-9-11-17(12-10-15)16-7-5-4-6-8-16/h4-12,14,19H,13H2,1-3H3/t14-/m0/s1. The van der Waals surface area contributed by atoms with Crippen LogP contribution in [0, 0.1) is 0 Å². The Labute approximate surface area is 143 Å². The molecule has 0 aromatic heterocycles. The van der Waals surface area contributed by atoms with Gasteiger partial charge in [-0.2, -0.15) is 0 Å². The molecule has 0 saturated carbocycles. The Morgan fingerprint density at radius 1 is 1.04 bits per heavy atom. The smallest absolute Gasteiger partial charge is 0.239 e. The molecule has 1 amide bonds. The van der Waals surface area contributed by atoms with Gasteiger partial charge in [0, 0.05) is 7.05 Å². The molecule has 0 spiro atoms. The van der Waals surface area contributed by atoms with Crippen LogP contribution in [0.2, 0.25) is 0 Å². The molecule has 1 atom stereocenters. The van der Waals surface area contributed by atoms with Crippen LogP contribution in [0.4, 0.5) is 0 Å². The van der Waals surface area contributed by atoms with E-state index in [9.17, 15) is 13.2 Å². The normalized spacial score (nSPS) is 12.6. The van der Waals surface area contributed by atoms with Gasteiger partial charge in [-0.25, -0.2) is 13.1 Å². The van der Waals surface area contributed by atoms with Gasteiger partial charge in [-0.15, -0.1) is 0 Å². The molecule has 0 saturated heterocycles. The third-order valence-corrected chi connectivity index (χ3v) is 5.35. The summed E-state index contributed by atoms with van der Waals surface area (Å²) in [5.74, 6) is -0.990. The molecule has 0 bridgehead atoms. The summed E-state index contributed by atoms with van der Waals surface area (Å²) in [6, 6.07) is 17.7. The van der Waals surface area contributed by atoms with Crippen LogP contribution in [-0.4, -0.2) is 39.1 Å². The highest BCUT2D eigenvalue weighted by atomic mass is 32.2. The van der Waals surface area contributed by atoms with E-state index in [0.717, 1.165) is 16.7 Å². The number of nitrogens with zero attached hydrogens (tertiary/aromatic N) is 1. The predicted molar refractivity (Wildman–Crippen MR) is 95.9 cm³/mol. The van der Waals surface area contributed by atoms with Crippen LogP contribution in [-0.2, 0) is 14.8 Å². The first-order valence-electron chi connectivity index (χ1n) is 7.66. The van der Waals surface area contributed by atoms with E-state index in [2.05, 4.69) is 4.72 Å². The molecule has 2 aromatic carbocycles. The number of nitrogens with one attached hydrogen (secondary N) is 1. The third kappa shape index (κ3) is 4.43. The van der Waals surface area contributed by atoms with Gasteiger partial charge >= 0.3 is 0 Å². The fourth-order valence-electron chi connectivity index (χ4n) is 2.36. The van der Waals surface area contributed by atoms with Crippen molar-refractivity contribution >= 4 is 15.9 Å². The quantitative estimate of drug-likeness (QED) is 0.873. The minimum absolute atomic E-state index is 0.214. The summed E-state index contributed by atoms with van der Waals surface area (Å²) in [6.45, 7) is 1.88. The molecule has 0 heterocycles. The van der Waals surface area contributed by atoms with Gasteiger partial charge in [0.05, 0.1) is 6.04 Å². The van der Waals surface area contributed by atoms with Gasteiger partial charge in [-0.3, -0.25) is 4.79 Å². The molecule has 0 aliphatic heterocycles. The Balaban J connectivity index is 2.12. The Morgan fingerprint density at radius 3 is 2.12 bits per heavy atom. The average molecular weight is 346 g/mol. The van der Waals surface area contributed by atoms with E-state index in [-0.39, 0.29) is 6.04 Å². The summed E-state index contributed by atoms with van der Waals surface area (Å²) in [6.07, 6.45) is 0. The van der Waals surface area contributed by atoms with Crippen LogP contribution >= 0.6 is 0 Å². The zero-order chi connectivity index (χ0) is 17.7. The van der Waals surface area contributed by atoms with Crippen LogP contribution < -0.4 is 4.72 Å². The average Bonchev–Trinajstić information content (AvgIpc) is 2.61. The van der Waals surface area contributed by atoms with E-state index in [0.29, 0.717) is 0 Å². The molecule has 1 N–H and O–H groups in total. The van der Waals surface area contributed by atoms with Gasteiger partial charge < -0.3 is 4.90 Å². The van der Waals surface area contributed by atoms with Crippen LogP contribution in [0.1, 0.15) is 18.5 Å². The molecule has 6 heteroatoms. The molecular formula is C18H22N2O3S. The van der Waals surface area contributed by atoms with Crippen molar-refractivity contribution in [1.29, 1.82) is 0 Å². The van der Waals surface area contributed by atoms with Crippen molar-refractivity contribution in [3.63, 3.8) is 0 Å². The summed E-state index contributed by atoms with van der Waals surface area (Å²) in [7, 11) is -0.649. The number of carbonyl (C=O) groups is 1. The van der Waals surface area contributed by atoms with Gasteiger partial charge in [0.25, 0.3) is 0 Å². The minimum atomic E-state index is -3.56. The van der Waals surface area contributed by atoms with Gasteiger partial charge in [0.2, 0.25) is 15.9 Å². The fraction of sp³-hybridized carbons (Fsp3) is 0.278. The number of hydrogen-bond donors (Lipinski definition) is 1. The molecule has 2 rings (SSSR count). The first-order valence-corrected chi connectivity index (χ1v) is 9.31. The maximum atomic E-state index is 12.1. The molecular weight excluding hydrogens is 324 g/mol. The Hall–Kier alpha value is -2.18. The summed E-state index contributed by atoms with van der Waals surface area (Å²) in [4.78, 5) is 13.6. The van der Waals surface area contributed by atoms with Gasteiger partial charge in [-0.05, 0) is 30.7 Å². The molecule has 24 heavy (non-hydrogen) atoms. The lowest BCUT2D eigenvalue weighted by Crippen LogP contribution is -2.37. The van der Waals surface area contributed by atoms with Crippen molar-refractivity contribution in [3.8, 4) is 11.1 Å². The fourth-order valence-corrected chi connectivity index (χ4v) is 3.03. The van der Waals surface area contributed by atoms with Crippen molar-refractivity contribution in [1.82, 2.24) is 9.62 Å².